The number of piperidine rings is 1. The molecule has 2 atom stereocenters. The molecule has 28 heavy (non-hydrogen) atoms. The van der Waals surface area contributed by atoms with Crippen molar-refractivity contribution in [3.05, 3.63) is 29.1 Å². The largest absolute Gasteiger partial charge is 0.354 e. The maximum absolute atomic E-state index is 11.7. The molecule has 1 saturated heterocycles. The van der Waals surface area contributed by atoms with Gasteiger partial charge in [0.05, 0.1) is 0 Å². The van der Waals surface area contributed by atoms with E-state index in [1.165, 1.54) is 57.2 Å². The first kappa shape index (κ1) is 21.3. The summed E-state index contributed by atoms with van der Waals surface area (Å²) in [5, 5.41) is 2.64. The van der Waals surface area contributed by atoms with E-state index in [0.29, 0.717) is 11.1 Å². The average molecular weight is 386 g/mol. The molecule has 2 fully saturated rings. The van der Waals surface area contributed by atoms with E-state index >= 15 is 0 Å². The van der Waals surface area contributed by atoms with Gasteiger partial charge in [-0.15, -0.1) is 0 Å². The van der Waals surface area contributed by atoms with E-state index in [1.54, 1.807) is 7.05 Å². The predicted octanol–water partition coefficient (Wildman–Crippen LogP) is 4.61. The summed E-state index contributed by atoms with van der Waals surface area (Å²) in [6.07, 6.45) is 9.19. The summed E-state index contributed by atoms with van der Waals surface area (Å²) >= 11 is 0. The van der Waals surface area contributed by atoms with Gasteiger partial charge in [0.15, 0.2) is 0 Å². The quantitative estimate of drug-likeness (QED) is 0.805. The zero-order valence-corrected chi connectivity index (χ0v) is 18.6. The van der Waals surface area contributed by atoms with Crippen LogP contribution >= 0.6 is 0 Å². The smallest absolute Gasteiger partial charge is 0.269 e. The molecule has 0 spiro atoms. The molecule has 4 heteroatoms. The highest BCUT2D eigenvalue weighted by Crippen LogP contribution is 2.41. The van der Waals surface area contributed by atoms with Crippen LogP contribution in [0.3, 0.4) is 0 Å². The standard InChI is InChI=1S/C24H39N3O/c1-17-19(8-11-22(26-17)23(28)25-5)7-6-18-12-14-27(15-13-18)21-10-9-20(16-21)24(2,3)4/h8,11,18,20-21H,6-7,9-10,12-16H2,1-5H3,(H,25,28). The fourth-order valence-electron chi connectivity index (χ4n) is 5.15. The molecular weight excluding hydrogens is 346 g/mol. The Bertz CT molecular complexity index is 671. The Hall–Kier alpha value is -1.42. The van der Waals surface area contributed by atoms with Gasteiger partial charge in [-0.1, -0.05) is 26.8 Å². The first-order valence-corrected chi connectivity index (χ1v) is 11.2. The van der Waals surface area contributed by atoms with Crippen molar-refractivity contribution in [1.82, 2.24) is 15.2 Å². The number of nitrogens with one attached hydrogen (secondary N) is 1. The number of aromatic nitrogens is 1. The molecule has 1 N–H and O–H groups in total. The van der Waals surface area contributed by atoms with Gasteiger partial charge >= 0.3 is 0 Å². The minimum atomic E-state index is -0.109. The van der Waals surface area contributed by atoms with E-state index in [0.717, 1.165) is 30.0 Å². The average Bonchev–Trinajstić information content (AvgIpc) is 3.17. The predicted molar refractivity (Wildman–Crippen MR) is 116 cm³/mol. The van der Waals surface area contributed by atoms with Crippen LogP contribution in [-0.2, 0) is 6.42 Å². The number of hydrogen-bond donors (Lipinski definition) is 1. The molecule has 2 aliphatic rings. The number of carbonyl (C=O) groups is 1. The lowest BCUT2D eigenvalue weighted by atomic mass is 9.79. The molecule has 4 nitrogen and oxygen atoms in total. The summed E-state index contributed by atoms with van der Waals surface area (Å²) in [5.74, 6) is 1.61. The molecule has 2 heterocycles. The van der Waals surface area contributed by atoms with E-state index in [-0.39, 0.29) is 5.91 Å². The normalized spacial score (nSPS) is 24.5. The van der Waals surface area contributed by atoms with Crippen molar-refractivity contribution >= 4 is 5.91 Å². The molecule has 0 radical (unpaired) electrons. The highest BCUT2D eigenvalue weighted by atomic mass is 16.1. The van der Waals surface area contributed by atoms with Crippen molar-refractivity contribution in [2.75, 3.05) is 20.1 Å². The van der Waals surface area contributed by atoms with Gasteiger partial charge in [0.25, 0.3) is 5.91 Å². The van der Waals surface area contributed by atoms with Gasteiger partial charge in [0.1, 0.15) is 5.69 Å². The zero-order valence-electron chi connectivity index (χ0n) is 18.6. The Morgan fingerprint density at radius 2 is 1.89 bits per heavy atom. The second kappa shape index (κ2) is 8.94. The number of amides is 1. The number of carbonyl (C=O) groups excluding carboxylic acids is 1. The van der Waals surface area contributed by atoms with Crippen molar-refractivity contribution in [3.8, 4) is 0 Å². The van der Waals surface area contributed by atoms with Gasteiger partial charge < -0.3 is 10.2 Å². The molecular formula is C24H39N3O. The number of nitrogens with zero attached hydrogens (tertiary/aromatic N) is 2. The molecule has 0 aromatic carbocycles. The van der Waals surface area contributed by atoms with Crippen LogP contribution in [0.2, 0.25) is 0 Å². The lowest BCUT2D eigenvalue weighted by Gasteiger charge is -2.37. The first-order chi connectivity index (χ1) is 13.3. The van der Waals surface area contributed by atoms with E-state index in [4.69, 9.17) is 0 Å². The molecule has 1 aromatic rings. The van der Waals surface area contributed by atoms with E-state index < -0.39 is 0 Å². The van der Waals surface area contributed by atoms with Gasteiger partial charge in [-0.05, 0) is 93.8 Å². The first-order valence-electron chi connectivity index (χ1n) is 11.2. The third kappa shape index (κ3) is 5.14. The monoisotopic (exact) mass is 385 g/mol. The van der Waals surface area contributed by atoms with Crippen molar-refractivity contribution in [2.45, 2.75) is 78.7 Å². The summed E-state index contributed by atoms with van der Waals surface area (Å²) in [5.41, 5.74) is 3.27. The molecule has 0 bridgehead atoms. The van der Waals surface area contributed by atoms with E-state index in [1.807, 2.05) is 13.0 Å². The van der Waals surface area contributed by atoms with Gasteiger partial charge in [-0.2, -0.15) is 0 Å². The van der Waals surface area contributed by atoms with Crippen LogP contribution in [0.25, 0.3) is 0 Å². The van der Waals surface area contributed by atoms with Crippen molar-refractivity contribution in [1.29, 1.82) is 0 Å². The fraction of sp³-hybridized carbons (Fsp3) is 0.750. The summed E-state index contributed by atoms with van der Waals surface area (Å²) in [6.45, 7) is 11.8. The van der Waals surface area contributed by atoms with E-state index in [2.05, 4.69) is 42.0 Å². The Labute approximate surface area is 171 Å². The molecule has 1 aliphatic carbocycles. The molecule has 1 aromatic heterocycles. The maximum Gasteiger partial charge on any atom is 0.269 e. The lowest BCUT2D eigenvalue weighted by molar-refractivity contribution is 0.0958. The molecule has 1 saturated carbocycles. The molecule has 1 amide bonds. The van der Waals surface area contributed by atoms with Gasteiger partial charge in [-0.3, -0.25) is 4.79 Å². The van der Waals surface area contributed by atoms with Crippen LogP contribution in [0.5, 0.6) is 0 Å². The Morgan fingerprint density at radius 3 is 2.46 bits per heavy atom. The maximum atomic E-state index is 11.7. The van der Waals surface area contributed by atoms with Crippen LogP contribution in [0.4, 0.5) is 0 Å². The number of hydrogen-bond acceptors (Lipinski definition) is 3. The van der Waals surface area contributed by atoms with Crippen molar-refractivity contribution in [3.63, 3.8) is 0 Å². The third-order valence-corrected chi connectivity index (χ3v) is 7.27. The van der Waals surface area contributed by atoms with Crippen molar-refractivity contribution < 1.29 is 4.79 Å². The minimum absolute atomic E-state index is 0.109. The summed E-state index contributed by atoms with van der Waals surface area (Å²) in [4.78, 5) is 19.0. The number of rotatable bonds is 5. The summed E-state index contributed by atoms with van der Waals surface area (Å²) in [6, 6.07) is 4.77. The number of aryl methyl sites for hydroxylation is 2. The van der Waals surface area contributed by atoms with E-state index in [9.17, 15) is 4.79 Å². The highest BCUT2D eigenvalue weighted by molar-refractivity contribution is 5.92. The number of likely N-dealkylation sites (tertiary alicyclic amines) is 1. The molecule has 156 valence electrons. The lowest BCUT2D eigenvalue weighted by Crippen LogP contribution is -2.40. The van der Waals surface area contributed by atoms with Gasteiger partial charge in [0.2, 0.25) is 0 Å². The van der Waals surface area contributed by atoms with Crippen LogP contribution in [0.1, 0.15) is 81.0 Å². The van der Waals surface area contributed by atoms with Gasteiger partial charge in [-0.25, -0.2) is 4.98 Å². The topological polar surface area (TPSA) is 45.2 Å². The Kier molecular flexibility index (Phi) is 6.80. The van der Waals surface area contributed by atoms with Crippen LogP contribution < -0.4 is 5.32 Å². The fourth-order valence-corrected chi connectivity index (χ4v) is 5.15. The Balaban J connectivity index is 1.45. The summed E-state index contributed by atoms with van der Waals surface area (Å²) in [7, 11) is 1.65. The molecule has 3 rings (SSSR count). The minimum Gasteiger partial charge on any atom is -0.354 e. The van der Waals surface area contributed by atoms with Gasteiger partial charge in [0, 0.05) is 18.8 Å². The van der Waals surface area contributed by atoms with Crippen molar-refractivity contribution in [2.24, 2.45) is 17.3 Å². The second-order valence-electron chi connectivity index (χ2n) is 10.1. The molecule has 2 unspecified atom stereocenters. The number of pyridine rings is 1. The third-order valence-electron chi connectivity index (χ3n) is 7.27. The van der Waals surface area contributed by atoms with Crippen LogP contribution in [-0.4, -0.2) is 42.0 Å². The Morgan fingerprint density at radius 1 is 1.18 bits per heavy atom. The van der Waals surface area contributed by atoms with Crippen LogP contribution in [0, 0.1) is 24.2 Å². The highest BCUT2D eigenvalue weighted by Gasteiger charge is 2.36. The SMILES string of the molecule is CNC(=O)c1ccc(CCC2CCN(C3CCC(C(C)(C)C)C3)CC2)c(C)n1. The second-order valence-corrected chi connectivity index (χ2v) is 10.1. The summed E-state index contributed by atoms with van der Waals surface area (Å²) < 4.78 is 0. The molecule has 1 aliphatic heterocycles. The zero-order chi connectivity index (χ0) is 20.3. The van der Waals surface area contributed by atoms with Crippen LogP contribution in [0.15, 0.2) is 12.1 Å².